The summed E-state index contributed by atoms with van der Waals surface area (Å²) >= 11 is 2.80. The lowest BCUT2D eigenvalue weighted by atomic mass is 10.3. The van der Waals surface area contributed by atoms with Crippen molar-refractivity contribution < 1.29 is 21.7 Å². The summed E-state index contributed by atoms with van der Waals surface area (Å²) in [7, 11) is -3.92. The van der Waals surface area contributed by atoms with Crippen molar-refractivity contribution in [2.45, 2.75) is 12.7 Å². The molecule has 0 fully saturated rings. The Kier molecular flexibility index (Phi) is 4.09. The quantitative estimate of drug-likeness (QED) is 0.844. The number of anilines is 1. The Balaban J connectivity index is 2.22. The highest BCUT2D eigenvalue weighted by atomic mass is 79.9. The number of sulfonamides is 1. The van der Waals surface area contributed by atoms with E-state index in [1.165, 1.54) is 6.07 Å². The summed E-state index contributed by atoms with van der Waals surface area (Å²) in [4.78, 5) is 0. The molecule has 0 saturated heterocycles. The minimum Gasteiger partial charge on any atom is -0.361 e. The average Bonchev–Trinajstić information content (AvgIpc) is 2.70. The lowest BCUT2D eigenvalue weighted by molar-refractivity contribution is 0.392. The average molecular weight is 367 g/mol. The van der Waals surface area contributed by atoms with Gasteiger partial charge in [0.1, 0.15) is 28.8 Å². The van der Waals surface area contributed by atoms with Crippen LogP contribution in [0.5, 0.6) is 0 Å². The summed E-state index contributed by atoms with van der Waals surface area (Å²) in [5, 5.41) is 3.53. The van der Waals surface area contributed by atoms with Gasteiger partial charge in [0.15, 0.2) is 0 Å². The van der Waals surface area contributed by atoms with Gasteiger partial charge in [-0.3, -0.25) is 4.72 Å². The van der Waals surface area contributed by atoms with Gasteiger partial charge in [0.25, 0.3) is 0 Å². The Morgan fingerprint density at radius 3 is 2.60 bits per heavy atom. The molecular formula is C11H9BrF2N2O3S. The Hall–Kier alpha value is -1.48. The molecule has 0 bridgehead atoms. The molecule has 0 saturated carbocycles. The number of aryl methyl sites for hydroxylation is 1. The molecule has 0 aliphatic heterocycles. The number of benzene rings is 1. The molecule has 0 aliphatic rings. The third kappa shape index (κ3) is 3.54. The van der Waals surface area contributed by atoms with Gasteiger partial charge in [-0.05, 0) is 28.9 Å². The number of aromatic nitrogens is 1. The van der Waals surface area contributed by atoms with Gasteiger partial charge in [-0.1, -0.05) is 5.16 Å². The molecule has 0 unspecified atom stereocenters. The molecule has 9 heteroatoms. The normalized spacial score (nSPS) is 11.6. The topological polar surface area (TPSA) is 72.2 Å². The van der Waals surface area contributed by atoms with Crippen molar-refractivity contribution in [1.82, 2.24) is 5.16 Å². The van der Waals surface area contributed by atoms with Crippen LogP contribution in [-0.2, 0) is 15.8 Å². The maximum atomic E-state index is 13.5. The lowest BCUT2D eigenvalue weighted by Gasteiger charge is -2.08. The SMILES string of the molecule is Cc1cc(CS(=O)(=O)Nc2cc(F)c(Br)cc2F)no1. The van der Waals surface area contributed by atoms with E-state index in [0.29, 0.717) is 5.76 Å². The molecule has 0 spiro atoms. The van der Waals surface area contributed by atoms with Crippen LogP contribution in [0.15, 0.2) is 27.2 Å². The number of hydrogen-bond acceptors (Lipinski definition) is 4. The van der Waals surface area contributed by atoms with Crippen LogP contribution in [-0.4, -0.2) is 13.6 Å². The molecule has 0 radical (unpaired) electrons. The van der Waals surface area contributed by atoms with Crippen LogP contribution < -0.4 is 4.72 Å². The van der Waals surface area contributed by atoms with Gasteiger partial charge in [-0.25, -0.2) is 17.2 Å². The molecule has 2 rings (SSSR count). The van der Waals surface area contributed by atoms with Crippen molar-refractivity contribution in [2.24, 2.45) is 0 Å². The molecule has 1 aromatic heterocycles. The fourth-order valence-corrected chi connectivity index (χ4v) is 2.89. The summed E-state index contributed by atoms with van der Waals surface area (Å²) in [6, 6.07) is 3.04. The lowest BCUT2D eigenvalue weighted by Crippen LogP contribution is -2.16. The summed E-state index contributed by atoms with van der Waals surface area (Å²) in [6.07, 6.45) is 0. The van der Waals surface area contributed by atoms with Crippen molar-refractivity contribution in [1.29, 1.82) is 0 Å². The zero-order chi connectivity index (χ0) is 14.9. The number of nitrogens with one attached hydrogen (secondary N) is 1. The first-order valence-electron chi connectivity index (χ1n) is 5.34. The molecule has 1 heterocycles. The molecule has 0 aliphatic carbocycles. The highest BCUT2D eigenvalue weighted by molar-refractivity contribution is 9.10. The van der Waals surface area contributed by atoms with Crippen LogP contribution >= 0.6 is 15.9 Å². The second-order valence-electron chi connectivity index (χ2n) is 4.04. The molecule has 1 aromatic carbocycles. The van der Waals surface area contributed by atoms with Gasteiger partial charge in [0.2, 0.25) is 10.0 Å². The summed E-state index contributed by atoms with van der Waals surface area (Å²) in [6.45, 7) is 1.61. The standard InChI is InChI=1S/C11H9BrF2N2O3S/c1-6-2-7(15-19-6)5-20(17,18)16-11-4-9(13)8(12)3-10(11)14/h2-4,16H,5H2,1H3. The fourth-order valence-electron chi connectivity index (χ4n) is 1.49. The molecular weight excluding hydrogens is 358 g/mol. The smallest absolute Gasteiger partial charge is 0.238 e. The van der Waals surface area contributed by atoms with Gasteiger partial charge in [-0.15, -0.1) is 0 Å². The number of hydrogen-bond donors (Lipinski definition) is 1. The Bertz CT molecular complexity index is 746. The Labute approximate surface area is 122 Å². The summed E-state index contributed by atoms with van der Waals surface area (Å²) < 4.78 is 57.1. The zero-order valence-electron chi connectivity index (χ0n) is 10.2. The maximum absolute atomic E-state index is 13.5. The first-order chi connectivity index (χ1) is 9.27. The highest BCUT2D eigenvalue weighted by Crippen LogP contribution is 2.24. The highest BCUT2D eigenvalue weighted by Gasteiger charge is 2.18. The van der Waals surface area contributed by atoms with Crippen molar-refractivity contribution >= 4 is 31.6 Å². The van der Waals surface area contributed by atoms with Crippen LogP contribution in [0.3, 0.4) is 0 Å². The van der Waals surface area contributed by atoms with E-state index in [4.69, 9.17) is 4.52 Å². The predicted octanol–water partition coefficient (Wildman–Crippen LogP) is 2.97. The van der Waals surface area contributed by atoms with E-state index in [1.54, 1.807) is 6.92 Å². The van der Waals surface area contributed by atoms with Gasteiger partial charge >= 0.3 is 0 Å². The van der Waals surface area contributed by atoms with Crippen LogP contribution in [0.4, 0.5) is 14.5 Å². The van der Waals surface area contributed by atoms with E-state index in [-0.39, 0.29) is 10.2 Å². The molecule has 20 heavy (non-hydrogen) atoms. The Morgan fingerprint density at radius 1 is 1.30 bits per heavy atom. The van der Waals surface area contributed by atoms with Gasteiger partial charge in [0.05, 0.1) is 10.2 Å². The summed E-state index contributed by atoms with van der Waals surface area (Å²) in [5.41, 5.74) is -0.293. The predicted molar refractivity (Wildman–Crippen MR) is 71.5 cm³/mol. The van der Waals surface area contributed by atoms with Crippen LogP contribution in [0.2, 0.25) is 0 Å². The van der Waals surface area contributed by atoms with Crippen molar-refractivity contribution in [3.8, 4) is 0 Å². The number of rotatable bonds is 4. The third-order valence-corrected chi connectivity index (χ3v) is 4.10. The number of nitrogens with zero attached hydrogens (tertiary/aromatic N) is 1. The molecule has 0 amide bonds. The van der Waals surface area contributed by atoms with E-state index in [9.17, 15) is 17.2 Å². The van der Waals surface area contributed by atoms with Gasteiger partial charge < -0.3 is 4.52 Å². The van der Waals surface area contributed by atoms with E-state index >= 15 is 0 Å². The monoisotopic (exact) mass is 366 g/mol. The second-order valence-corrected chi connectivity index (χ2v) is 6.61. The van der Waals surface area contributed by atoms with Crippen LogP contribution in [0.25, 0.3) is 0 Å². The second kappa shape index (κ2) is 5.49. The third-order valence-electron chi connectivity index (χ3n) is 2.29. The minimum atomic E-state index is -3.92. The minimum absolute atomic E-state index is 0.0925. The largest absolute Gasteiger partial charge is 0.361 e. The number of halogens is 3. The molecule has 108 valence electrons. The summed E-state index contributed by atoms with van der Waals surface area (Å²) in [5.74, 6) is -1.71. The Morgan fingerprint density at radius 2 is 2.00 bits per heavy atom. The van der Waals surface area contributed by atoms with E-state index in [0.717, 1.165) is 12.1 Å². The van der Waals surface area contributed by atoms with Crippen molar-refractivity contribution in [2.75, 3.05) is 4.72 Å². The molecule has 0 atom stereocenters. The first-order valence-corrected chi connectivity index (χ1v) is 7.78. The van der Waals surface area contributed by atoms with Crippen LogP contribution in [0.1, 0.15) is 11.5 Å². The molecule has 1 N–H and O–H groups in total. The van der Waals surface area contributed by atoms with E-state index in [2.05, 4.69) is 21.1 Å². The van der Waals surface area contributed by atoms with Crippen LogP contribution in [0, 0.1) is 18.6 Å². The molecule has 2 aromatic rings. The molecule has 5 nitrogen and oxygen atoms in total. The first kappa shape index (κ1) is 14.9. The van der Waals surface area contributed by atoms with E-state index < -0.39 is 33.1 Å². The zero-order valence-corrected chi connectivity index (χ0v) is 12.6. The van der Waals surface area contributed by atoms with E-state index in [1.807, 2.05) is 4.72 Å². The van der Waals surface area contributed by atoms with Crippen molar-refractivity contribution in [3.63, 3.8) is 0 Å². The maximum Gasteiger partial charge on any atom is 0.238 e. The fraction of sp³-hybridized carbons (Fsp3) is 0.182. The van der Waals surface area contributed by atoms with Crippen molar-refractivity contribution in [3.05, 3.63) is 45.8 Å². The van der Waals surface area contributed by atoms with Gasteiger partial charge in [0, 0.05) is 12.1 Å². The van der Waals surface area contributed by atoms with Gasteiger partial charge in [-0.2, -0.15) is 0 Å².